The van der Waals surface area contributed by atoms with Gasteiger partial charge in [0, 0.05) is 8.04 Å². The second-order valence-electron chi connectivity index (χ2n) is 2.63. The largest absolute Gasteiger partial charge is 0.469 e. The minimum Gasteiger partial charge on any atom is -0.469 e. The summed E-state index contributed by atoms with van der Waals surface area (Å²) in [5.74, 6) is -0.255. The van der Waals surface area contributed by atoms with E-state index in [2.05, 4.69) is 43.3 Å². The van der Waals surface area contributed by atoms with Crippen LogP contribution < -0.4 is 0 Å². The molecule has 0 heterocycles. The van der Waals surface area contributed by atoms with Crippen LogP contribution in [0.25, 0.3) is 0 Å². The number of benzene rings is 1. The van der Waals surface area contributed by atoms with Crippen molar-refractivity contribution < 1.29 is 9.53 Å². The van der Waals surface area contributed by atoms with Crippen LogP contribution in [0, 0.1) is 3.57 Å². The zero-order valence-electron chi connectivity index (χ0n) is 7.31. The van der Waals surface area contributed by atoms with Gasteiger partial charge in [0.2, 0.25) is 0 Å². The van der Waals surface area contributed by atoms with Crippen molar-refractivity contribution in [1.29, 1.82) is 0 Å². The van der Waals surface area contributed by atoms with Gasteiger partial charge in [-0.3, -0.25) is 4.79 Å². The average Bonchev–Trinajstić information content (AvgIpc) is 2.14. The number of rotatable bonds is 2. The molecule has 14 heavy (non-hydrogen) atoms. The van der Waals surface area contributed by atoms with Gasteiger partial charge in [0.05, 0.1) is 18.6 Å². The van der Waals surface area contributed by atoms with Gasteiger partial charge < -0.3 is 4.74 Å². The normalized spacial score (nSPS) is 10.0. The second-order valence-corrected chi connectivity index (χ2v) is 5.02. The van der Waals surface area contributed by atoms with Crippen molar-refractivity contribution in [2.45, 2.75) is 6.42 Å². The van der Waals surface area contributed by atoms with Gasteiger partial charge in [0.25, 0.3) is 0 Å². The first-order chi connectivity index (χ1) is 6.54. The molecular formula is C9H7BrClIO2. The minimum atomic E-state index is -0.255. The quantitative estimate of drug-likeness (QED) is 0.440. The Balaban J connectivity index is 2.95. The van der Waals surface area contributed by atoms with E-state index >= 15 is 0 Å². The lowest BCUT2D eigenvalue weighted by Crippen LogP contribution is -2.04. The molecule has 76 valence electrons. The fourth-order valence-corrected chi connectivity index (χ4v) is 2.63. The van der Waals surface area contributed by atoms with Gasteiger partial charge in [0.15, 0.2) is 0 Å². The molecule has 0 saturated heterocycles. The third kappa shape index (κ3) is 3.10. The van der Waals surface area contributed by atoms with Crippen LogP contribution in [0.1, 0.15) is 5.56 Å². The number of esters is 1. The fourth-order valence-electron chi connectivity index (χ4n) is 0.949. The average molecular weight is 389 g/mol. The molecule has 0 saturated carbocycles. The predicted molar refractivity (Wildman–Crippen MR) is 67.6 cm³/mol. The SMILES string of the molecule is COC(=O)Cc1cc(Br)c(Cl)c(I)c1. The molecule has 0 unspecified atom stereocenters. The first-order valence-corrected chi connectivity index (χ1v) is 5.99. The fraction of sp³-hybridized carbons (Fsp3) is 0.222. The Bertz CT molecular complexity index is 345. The Morgan fingerprint density at radius 1 is 1.64 bits per heavy atom. The Hall–Kier alpha value is 0.190. The Morgan fingerprint density at radius 2 is 2.29 bits per heavy atom. The van der Waals surface area contributed by atoms with Crippen LogP contribution >= 0.6 is 50.1 Å². The maximum atomic E-state index is 11.0. The Labute approximate surface area is 109 Å². The summed E-state index contributed by atoms with van der Waals surface area (Å²) >= 11 is 11.4. The van der Waals surface area contributed by atoms with E-state index in [0.29, 0.717) is 5.02 Å². The molecule has 0 aromatic heterocycles. The summed E-state index contributed by atoms with van der Waals surface area (Å²) in [7, 11) is 1.37. The van der Waals surface area contributed by atoms with E-state index in [1.54, 1.807) is 0 Å². The molecule has 0 spiro atoms. The van der Waals surface area contributed by atoms with E-state index in [4.69, 9.17) is 11.6 Å². The minimum absolute atomic E-state index is 0.255. The molecular weight excluding hydrogens is 382 g/mol. The highest BCUT2D eigenvalue weighted by Crippen LogP contribution is 2.29. The van der Waals surface area contributed by atoms with E-state index in [9.17, 15) is 4.79 Å². The molecule has 0 amide bonds. The van der Waals surface area contributed by atoms with Crippen molar-refractivity contribution in [3.63, 3.8) is 0 Å². The van der Waals surface area contributed by atoms with Crippen LogP contribution in [-0.2, 0) is 16.0 Å². The molecule has 0 aliphatic carbocycles. The lowest BCUT2D eigenvalue weighted by Gasteiger charge is -2.04. The van der Waals surface area contributed by atoms with Crippen molar-refractivity contribution in [3.05, 3.63) is 30.8 Å². The van der Waals surface area contributed by atoms with Crippen molar-refractivity contribution in [3.8, 4) is 0 Å². The van der Waals surface area contributed by atoms with E-state index in [-0.39, 0.29) is 12.4 Å². The lowest BCUT2D eigenvalue weighted by atomic mass is 10.1. The summed E-state index contributed by atoms with van der Waals surface area (Å²) in [6.07, 6.45) is 0.266. The van der Waals surface area contributed by atoms with Crippen LogP contribution in [0.2, 0.25) is 5.02 Å². The smallest absolute Gasteiger partial charge is 0.309 e. The molecule has 1 aromatic carbocycles. The summed E-state index contributed by atoms with van der Waals surface area (Å²) in [4.78, 5) is 11.0. The molecule has 0 fully saturated rings. The van der Waals surface area contributed by atoms with E-state index in [1.807, 2.05) is 12.1 Å². The van der Waals surface area contributed by atoms with Crippen LogP contribution in [-0.4, -0.2) is 13.1 Å². The van der Waals surface area contributed by atoms with Gasteiger partial charge >= 0.3 is 5.97 Å². The topological polar surface area (TPSA) is 26.3 Å². The highest BCUT2D eigenvalue weighted by molar-refractivity contribution is 14.1. The number of hydrogen-bond acceptors (Lipinski definition) is 2. The van der Waals surface area contributed by atoms with Gasteiger partial charge in [-0.25, -0.2) is 0 Å². The molecule has 0 bridgehead atoms. The first-order valence-electron chi connectivity index (χ1n) is 3.75. The van der Waals surface area contributed by atoms with Gasteiger partial charge in [-0.2, -0.15) is 0 Å². The van der Waals surface area contributed by atoms with Crippen LogP contribution in [0.3, 0.4) is 0 Å². The Kier molecular flexibility index (Phi) is 4.66. The summed E-state index contributed by atoms with van der Waals surface area (Å²) in [6, 6.07) is 3.69. The van der Waals surface area contributed by atoms with Crippen LogP contribution in [0.5, 0.6) is 0 Å². The Morgan fingerprint density at radius 3 is 2.79 bits per heavy atom. The van der Waals surface area contributed by atoms with Crippen molar-refractivity contribution >= 4 is 56.1 Å². The summed E-state index contributed by atoms with van der Waals surface area (Å²) in [6.45, 7) is 0. The molecule has 0 radical (unpaired) electrons. The van der Waals surface area contributed by atoms with E-state index in [0.717, 1.165) is 13.6 Å². The highest BCUT2D eigenvalue weighted by atomic mass is 127. The van der Waals surface area contributed by atoms with E-state index in [1.165, 1.54) is 7.11 Å². The highest BCUT2D eigenvalue weighted by Gasteiger charge is 2.08. The summed E-state index contributed by atoms with van der Waals surface area (Å²) in [5.41, 5.74) is 0.887. The predicted octanol–water partition coefficient (Wildman–Crippen LogP) is 3.42. The third-order valence-electron chi connectivity index (χ3n) is 1.62. The molecule has 0 atom stereocenters. The number of halogens is 3. The van der Waals surface area contributed by atoms with Crippen LogP contribution in [0.15, 0.2) is 16.6 Å². The molecule has 0 aliphatic heterocycles. The zero-order chi connectivity index (χ0) is 10.7. The van der Waals surface area contributed by atoms with E-state index < -0.39 is 0 Å². The number of carbonyl (C=O) groups is 1. The van der Waals surface area contributed by atoms with Crippen molar-refractivity contribution in [2.75, 3.05) is 7.11 Å². The van der Waals surface area contributed by atoms with Crippen molar-refractivity contribution in [1.82, 2.24) is 0 Å². The molecule has 0 N–H and O–H groups in total. The molecule has 1 rings (SSSR count). The molecule has 0 aliphatic rings. The van der Waals surface area contributed by atoms with Crippen molar-refractivity contribution in [2.24, 2.45) is 0 Å². The monoisotopic (exact) mass is 388 g/mol. The number of carbonyl (C=O) groups excluding carboxylic acids is 1. The van der Waals surface area contributed by atoms with Gasteiger partial charge in [-0.1, -0.05) is 11.6 Å². The summed E-state index contributed by atoms with van der Waals surface area (Å²) < 4.78 is 6.29. The number of methoxy groups -OCH3 is 1. The molecule has 2 nitrogen and oxygen atoms in total. The van der Waals surface area contributed by atoms with Crippen LogP contribution in [0.4, 0.5) is 0 Å². The standard InChI is InChI=1S/C9H7BrClIO2/c1-14-8(13)4-5-2-6(10)9(11)7(12)3-5/h2-3H,4H2,1H3. The zero-order valence-corrected chi connectivity index (χ0v) is 11.8. The maximum absolute atomic E-state index is 11.0. The van der Waals surface area contributed by atoms with Gasteiger partial charge in [-0.15, -0.1) is 0 Å². The lowest BCUT2D eigenvalue weighted by molar-refractivity contribution is -0.139. The number of hydrogen-bond donors (Lipinski definition) is 0. The number of ether oxygens (including phenoxy) is 1. The summed E-state index contributed by atoms with van der Waals surface area (Å²) in [5, 5.41) is 0.666. The maximum Gasteiger partial charge on any atom is 0.309 e. The second kappa shape index (κ2) is 5.32. The van der Waals surface area contributed by atoms with Gasteiger partial charge in [-0.05, 0) is 56.2 Å². The molecule has 5 heteroatoms. The molecule has 1 aromatic rings. The first kappa shape index (κ1) is 12.3. The van der Waals surface area contributed by atoms with Gasteiger partial charge in [0.1, 0.15) is 0 Å². The third-order valence-corrected chi connectivity index (χ3v) is 4.05.